The second-order valence-corrected chi connectivity index (χ2v) is 8.12. The van der Waals surface area contributed by atoms with Crippen LogP contribution in [0.4, 0.5) is 0 Å². The van der Waals surface area contributed by atoms with Gasteiger partial charge in [0.25, 0.3) is 5.91 Å². The zero-order chi connectivity index (χ0) is 17.1. The number of aryl methyl sites for hydroxylation is 2. The lowest BCUT2D eigenvalue weighted by Crippen LogP contribution is -2.41. The molecule has 0 aliphatic carbocycles. The van der Waals surface area contributed by atoms with Crippen LogP contribution < -0.4 is 0 Å². The molecule has 0 spiro atoms. The average Bonchev–Trinajstić information content (AvgIpc) is 3.14. The van der Waals surface area contributed by atoms with E-state index in [-0.39, 0.29) is 11.8 Å². The maximum Gasteiger partial charge on any atom is 0.263 e. The van der Waals surface area contributed by atoms with Gasteiger partial charge < -0.3 is 9.80 Å². The summed E-state index contributed by atoms with van der Waals surface area (Å²) >= 11 is 1.59. The van der Waals surface area contributed by atoms with Gasteiger partial charge in [-0.05, 0) is 44.7 Å². The summed E-state index contributed by atoms with van der Waals surface area (Å²) in [6, 6.07) is 2.00. The number of nitrogens with zero attached hydrogens (tertiary/aromatic N) is 3. The van der Waals surface area contributed by atoms with Crippen LogP contribution in [0.5, 0.6) is 0 Å². The minimum absolute atomic E-state index is 0.143. The molecule has 3 rings (SSSR count). The van der Waals surface area contributed by atoms with E-state index >= 15 is 0 Å². The maximum atomic E-state index is 12.7. The third kappa shape index (κ3) is 3.98. The Hall–Kier alpha value is -1.40. The standard InChI is InChI=1S/C18H27N3O2S/c1-14-12-16(24-15(14)2)18(23)21-9-5-6-19(10-11-21)13-17(22)20-7-3-4-8-20/h12H,3-11,13H2,1-2H3. The summed E-state index contributed by atoms with van der Waals surface area (Å²) < 4.78 is 0. The Balaban J connectivity index is 1.54. The van der Waals surface area contributed by atoms with Gasteiger partial charge in [-0.3, -0.25) is 14.5 Å². The van der Waals surface area contributed by atoms with E-state index in [2.05, 4.69) is 18.7 Å². The zero-order valence-electron chi connectivity index (χ0n) is 14.7. The van der Waals surface area contributed by atoms with E-state index in [9.17, 15) is 9.59 Å². The van der Waals surface area contributed by atoms with Crippen LogP contribution in [0.3, 0.4) is 0 Å². The lowest BCUT2D eigenvalue weighted by molar-refractivity contribution is -0.131. The first-order chi connectivity index (χ1) is 11.5. The second-order valence-electron chi connectivity index (χ2n) is 6.86. The van der Waals surface area contributed by atoms with Gasteiger partial charge in [-0.15, -0.1) is 11.3 Å². The minimum Gasteiger partial charge on any atom is -0.342 e. The van der Waals surface area contributed by atoms with E-state index in [4.69, 9.17) is 0 Å². The molecule has 132 valence electrons. The largest absolute Gasteiger partial charge is 0.342 e. The normalized spacial score (nSPS) is 19.6. The number of hydrogen-bond donors (Lipinski definition) is 0. The van der Waals surface area contributed by atoms with Crippen molar-refractivity contribution in [2.75, 3.05) is 45.8 Å². The van der Waals surface area contributed by atoms with Crippen molar-refractivity contribution in [2.24, 2.45) is 0 Å². The smallest absolute Gasteiger partial charge is 0.263 e. The predicted octanol–water partition coefficient (Wildman–Crippen LogP) is 2.14. The van der Waals surface area contributed by atoms with Crippen LogP contribution in [0.15, 0.2) is 6.07 Å². The highest BCUT2D eigenvalue weighted by atomic mass is 32.1. The summed E-state index contributed by atoms with van der Waals surface area (Å²) in [5.74, 6) is 0.390. The molecule has 2 aliphatic heterocycles. The fourth-order valence-corrected chi connectivity index (χ4v) is 4.43. The molecule has 2 fully saturated rings. The van der Waals surface area contributed by atoms with Crippen LogP contribution in [0.25, 0.3) is 0 Å². The van der Waals surface area contributed by atoms with Crippen molar-refractivity contribution in [1.82, 2.24) is 14.7 Å². The maximum absolute atomic E-state index is 12.7. The average molecular weight is 350 g/mol. The molecule has 0 bridgehead atoms. The number of hydrogen-bond acceptors (Lipinski definition) is 4. The molecule has 0 aromatic carbocycles. The van der Waals surface area contributed by atoms with Crippen molar-refractivity contribution in [3.63, 3.8) is 0 Å². The Morgan fingerprint density at radius 1 is 0.958 bits per heavy atom. The third-order valence-corrected chi connectivity index (χ3v) is 6.21. The Morgan fingerprint density at radius 2 is 1.67 bits per heavy atom. The van der Waals surface area contributed by atoms with Crippen molar-refractivity contribution < 1.29 is 9.59 Å². The monoisotopic (exact) mass is 349 g/mol. The number of rotatable bonds is 3. The highest BCUT2D eigenvalue weighted by molar-refractivity contribution is 7.14. The molecular formula is C18H27N3O2S. The van der Waals surface area contributed by atoms with Crippen molar-refractivity contribution >= 4 is 23.2 Å². The van der Waals surface area contributed by atoms with E-state index in [1.807, 2.05) is 15.9 Å². The van der Waals surface area contributed by atoms with Gasteiger partial charge in [0.15, 0.2) is 0 Å². The molecule has 2 aliphatic rings. The van der Waals surface area contributed by atoms with Crippen LogP contribution in [-0.2, 0) is 4.79 Å². The summed E-state index contributed by atoms with van der Waals surface area (Å²) in [5, 5.41) is 0. The van der Waals surface area contributed by atoms with E-state index < -0.39 is 0 Å². The second kappa shape index (κ2) is 7.66. The topological polar surface area (TPSA) is 43.9 Å². The zero-order valence-corrected chi connectivity index (χ0v) is 15.5. The lowest BCUT2D eigenvalue weighted by Gasteiger charge is -2.23. The van der Waals surface area contributed by atoms with Gasteiger partial charge in [0.1, 0.15) is 0 Å². The molecule has 0 atom stereocenters. The molecule has 1 aromatic heterocycles. The van der Waals surface area contributed by atoms with Crippen molar-refractivity contribution in [3.05, 3.63) is 21.4 Å². The summed E-state index contributed by atoms with van der Waals surface area (Å²) in [7, 11) is 0. The lowest BCUT2D eigenvalue weighted by atomic mass is 10.2. The SMILES string of the molecule is Cc1cc(C(=O)N2CCCN(CC(=O)N3CCCC3)CC2)sc1C. The van der Waals surface area contributed by atoms with Crippen molar-refractivity contribution in [3.8, 4) is 0 Å². The van der Waals surface area contributed by atoms with Gasteiger partial charge in [0, 0.05) is 44.1 Å². The molecule has 0 N–H and O–H groups in total. The Labute approximate surface area is 148 Å². The molecular weight excluding hydrogens is 322 g/mol. The highest BCUT2D eigenvalue weighted by Gasteiger charge is 2.25. The van der Waals surface area contributed by atoms with Gasteiger partial charge in [0.2, 0.25) is 5.91 Å². The first-order valence-electron chi connectivity index (χ1n) is 8.91. The van der Waals surface area contributed by atoms with E-state index in [1.54, 1.807) is 11.3 Å². The summed E-state index contributed by atoms with van der Waals surface area (Å²) in [4.78, 5) is 33.2. The first kappa shape index (κ1) is 17.4. The Morgan fingerprint density at radius 3 is 2.33 bits per heavy atom. The van der Waals surface area contributed by atoms with Crippen LogP contribution in [0.2, 0.25) is 0 Å². The van der Waals surface area contributed by atoms with E-state index in [1.165, 1.54) is 10.4 Å². The molecule has 3 heterocycles. The van der Waals surface area contributed by atoms with Crippen LogP contribution >= 0.6 is 11.3 Å². The summed E-state index contributed by atoms with van der Waals surface area (Å²) in [5.41, 5.74) is 1.19. The number of thiophene rings is 1. The fraction of sp³-hybridized carbons (Fsp3) is 0.667. The van der Waals surface area contributed by atoms with Crippen molar-refractivity contribution in [2.45, 2.75) is 33.1 Å². The molecule has 6 heteroatoms. The molecule has 0 radical (unpaired) electrons. The molecule has 24 heavy (non-hydrogen) atoms. The van der Waals surface area contributed by atoms with E-state index in [0.29, 0.717) is 13.1 Å². The summed E-state index contributed by atoms with van der Waals surface area (Å²) in [6.45, 7) is 9.61. The van der Waals surface area contributed by atoms with Gasteiger partial charge in [-0.1, -0.05) is 0 Å². The Kier molecular flexibility index (Phi) is 5.56. The third-order valence-electron chi connectivity index (χ3n) is 5.07. The van der Waals surface area contributed by atoms with Gasteiger partial charge in [-0.2, -0.15) is 0 Å². The molecule has 0 unspecified atom stereocenters. The molecule has 0 saturated carbocycles. The molecule has 2 saturated heterocycles. The fourth-order valence-electron chi connectivity index (χ4n) is 3.42. The molecule has 2 amide bonds. The van der Waals surface area contributed by atoms with E-state index in [0.717, 1.165) is 56.9 Å². The number of carbonyl (C=O) groups excluding carboxylic acids is 2. The van der Waals surface area contributed by atoms with Crippen LogP contribution in [0, 0.1) is 13.8 Å². The summed E-state index contributed by atoms with van der Waals surface area (Å²) in [6.07, 6.45) is 3.20. The predicted molar refractivity (Wildman–Crippen MR) is 96.6 cm³/mol. The van der Waals surface area contributed by atoms with Crippen LogP contribution in [-0.4, -0.2) is 72.3 Å². The van der Waals surface area contributed by atoms with Gasteiger partial charge >= 0.3 is 0 Å². The number of likely N-dealkylation sites (tertiary alicyclic amines) is 1. The molecule has 1 aromatic rings. The van der Waals surface area contributed by atoms with Crippen LogP contribution in [0.1, 0.15) is 39.4 Å². The Bertz CT molecular complexity index is 588. The van der Waals surface area contributed by atoms with Crippen molar-refractivity contribution in [1.29, 1.82) is 0 Å². The van der Waals surface area contributed by atoms with Gasteiger partial charge in [0.05, 0.1) is 11.4 Å². The number of amides is 2. The van der Waals surface area contributed by atoms with Gasteiger partial charge in [-0.25, -0.2) is 0 Å². The first-order valence-corrected chi connectivity index (χ1v) is 9.72. The number of carbonyl (C=O) groups is 2. The highest BCUT2D eigenvalue weighted by Crippen LogP contribution is 2.22. The molecule has 5 nitrogen and oxygen atoms in total. The quantitative estimate of drug-likeness (QED) is 0.840. The minimum atomic E-state index is 0.143.